The number of ether oxygens (including phenoxy) is 2. The Hall–Kier alpha value is -5.20. The van der Waals surface area contributed by atoms with E-state index in [1.165, 1.54) is 13.2 Å². The maximum absolute atomic E-state index is 14.2. The largest absolute Gasteiger partial charge is 0.493 e. The van der Waals surface area contributed by atoms with Crippen molar-refractivity contribution >= 4 is 29.7 Å². The number of carbonyl (C=O) groups excluding carboxylic acids is 4. The highest BCUT2D eigenvalue weighted by atomic mass is 16.5. The van der Waals surface area contributed by atoms with Gasteiger partial charge in [-0.15, -0.1) is 5.10 Å². The zero-order valence-electron chi connectivity index (χ0n) is 28.6. The van der Waals surface area contributed by atoms with Gasteiger partial charge in [-0.3, -0.25) is 23.9 Å². The Labute approximate surface area is 292 Å². The van der Waals surface area contributed by atoms with Crippen LogP contribution in [0.1, 0.15) is 49.7 Å². The van der Waals surface area contributed by atoms with Crippen molar-refractivity contribution in [1.29, 1.82) is 0 Å². The summed E-state index contributed by atoms with van der Waals surface area (Å²) in [6.45, 7) is 1.75. The minimum Gasteiger partial charge on any atom is -0.493 e. The molecule has 1 fully saturated rings. The Morgan fingerprint density at radius 2 is 1.94 bits per heavy atom. The maximum atomic E-state index is 14.2. The molecule has 3 N–H and O–H groups in total. The Bertz CT molecular complexity index is 1610. The lowest BCUT2D eigenvalue weighted by Crippen LogP contribution is -2.50. The van der Waals surface area contributed by atoms with Gasteiger partial charge in [-0.05, 0) is 60.9 Å². The third-order valence-electron chi connectivity index (χ3n) is 9.00. The van der Waals surface area contributed by atoms with E-state index in [0.29, 0.717) is 62.7 Å². The number of hydrogen-bond acceptors (Lipinski definition) is 8. The first kappa shape index (κ1) is 36.1. The van der Waals surface area contributed by atoms with Gasteiger partial charge >= 0.3 is 0 Å². The van der Waals surface area contributed by atoms with Crippen LogP contribution in [0.25, 0.3) is 6.08 Å². The van der Waals surface area contributed by atoms with Crippen LogP contribution in [0.3, 0.4) is 0 Å². The summed E-state index contributed by atoms with van der Waals surface area (Å²) in [4.78, 5) is 55.1. The van der Waals surface area contributed by atoms with Crippen LogP contribution in [0.5, 0.6) is 11.5 Å². The Kier molecular flexibility index (Phi) is 13.0. The number of hydrogen-bond donors (Lipinski definition) is 3. The molecular formula is C37H47N7O6. The van der Waals surface area contributed by atoms with Gasteiger partial charge in [-0.2, -0.15) is 0 Å². The lowest BCUT2D eigenvalue weighted by molar-refractivity contribution is -0.132. The molecule has 2 aliphatic rings. The number of aromatic nitrogens is 3. The molecule has 1 unspecified atom stereocenters. The Morgan fingerprint density at radius 3 is 2.70 bits per heavy atom. The fraction of sp³-hybridized carbons (Fsp3) is 0.459. The second-order valence-electron chi connectivity index (χ2n) is 13.0. The normalized spacial score (nSPS) is 19.4. The summed E-state index contributed by atoms with van der Waals surface area (Å²) in [6, 6.07) is 15.0. The van der Waals surface area contributed by atoms with Crippen molar-refractivity contribution in [2.24, 2.45) is 11.3 Å². The van der Waals surface area contributed by atoms with Crippen molar-refractivity contribution in [2.75, 3.05) is 46.4 Å². The zero-order chi connectivity index (χ0) is 35.2. The van der Waals surface area contributed by atoms with Crippen LogP contribution >= 0.6 is 0 Å². The fourth-order valence-electron chi connectivity index (χ4n) is 6.13. The van der Waals surface area contributed by atoms with Gasteiger partial charge in [0, 0.05) is 58.0 Å². The van der Waals surface area contributed by atoms with Crippen molar-refractivity contribution in [1.82, 2.24) is 35.8 Å². The second-order valence-corrected chi connectivity index (χ2v) is 13.0. The molecule has 50 heavy (non-hydrogen) atoms. The molecule has 13 heteroatoms. The molecule has 3 aromatic rings. The summed E-state index contributed by atoms with van der Waals surface area (Å²) in [6.07, 6.45) is 10.9. The standard InChI is InChI=1S/C37H47N7O6/c1-49-31-14-12-30-23-32(31)50-26-34(46)38-17-21-43(35(47)15-13-28-7-3-2-4-8-28)19-5-9-33(45)40-27-37(25-30,24-29-10-11-29)36(48)39-16-6-20-44-22-18-41-42-44/h2-4,7-8,12-15,18,22-23,29H,5-6,9-11,16-17,19-21,24-27H2,1H3,(H,38,46)(H,39,48)(H,40,45). The van der Waals surface area contributed by atoms with Crippen molar-refractivity contribution in [3.05, 3.63) is 78.1 Å². The molecule has 0 radical (unpaired) electrons. The molecule has 2 heterocycles. The van der Waals surface area contributed by atoms with E-state index in [2.05, 4.69) is 26.3 Å². The second kappa shape index (κ2) is 18.0. The van der Waals surface area contributed by atoms with Crippen LogP contribution in [0.15, 0.2) is 67.0 Å². The highest BCUT2D eigenvalue weighted by Crippen LogP contribution is 2.43. The number of nitrogens with one attached hydrogen (secondary N) is 3. The maximum Gasteiger partial charge on any atom is 0.258 e. The molecule has 1 atom stereocenters. The average Bonchev–Trinajstić information content (AvgIpc) is 3.78. The molecule has 1 aliphatic carbocycles. The molecule has 0 spiro atoms. The average molecular weight is 686 g/mol. The number of methoxy groups -OCH3 is 1. The van der Waals surface area contributed by atoms with Gasteiger partial charge < -0.3 is 30.3 Å². The summed E-state index contributed by atoms with van der Waals surface area (Å²) in [5.74, 6) is 0.324. The van der Waals surface area contributed by atoms with E-state index in [9.17, 15) is 19.2 Å². The van der Waals surface area contributed by atoms with Gasteiger partial charge in [-0.25, -0.2) is 0 Å². The molecule has 266 valence electrons. The number of benzene rings is 2. The third kappa shape index (κ3) is 10.9. The molecule has 4 amide bonds. The molecule has 2 aromatic carbocycles. The molecule has 13 nitrogen and oxygen atoms in total. The Morgan fingerprint density at radius 1 is 1.10 bits per heavy atom. The first-order chi connectivity index (χ1) is 24.3. The minimum atomic E-state index is -0.928. The number of fused-ring (bicyclic) bond motifs is 2. The topological polar surface area (TPSA) is 157 Å². The molecule has 5 rings (SSSR count). The minimum absolute atomic E-state index is 0.127. The van der Waals surface area contributed by atoms with E-state index in [1.54, 1.807) is 40.2 Å². The van der Waals surface area contributed by atoms with Crippen LogP contribution in [-0.2, 0) is 32.1 Å². The molecule has 2 bridgehead atoms. The van der Waals surface area contributed by atoms with Crippen molar-refractivity contribution < 1.29 is 28.7 Å². The number of nitrogens with zero attached hydrogens (tertiary/aromatic N) is 4. The zero-order valence-corrected chi connectivity index (χ0v) is 28.6. The van der Waals surface area contributed by atoms with Crippen LogP contribution < -0.4 is 25.4 Å². The van der Waals surface area contributed by atoms with E-state index >= 15 is 0 Å². The number of carbonyl (C=O) groups is 4. The van der Waals surface area contributed by atoms with Crippen molar-refractivity contribution in [2.45, 2.75) is 51.5 Å². The van der Waals surface area contributed by atoms with Crippen LogP contribution in [0.4, 0.5) is 0 Å². The third-order valence-corrected chi connectivity index (χ3v) is 9.00. The van der Waals surface area contributed by atoms with Gasteiger partial charge in [0.15, 0.2) is 18.1 Å². The van der Waals surface area contributed by atoms with Crippen LogP contribution in [-0.4, -0.2) is 90.0 Å². The Balaban J connectivity index is 1.35. The van der Waals surface area contributed by atoms with E-state index in [4.69, 9.17) is 9.47 Å². The smallest absolute Gasteiger partial charge is 0.258 e. The molecule has 1 aliphatic heterocycles. The van der Waals surface area contributed by atoms with Gasteiger partial charge in [0.05, 0.1) is 18.7 Å². The van der Waals surface area contributed by atoms with Crippen molar-refractivity contribution in [3.63, 3.8) is 0 Å². The summed E-state index contributed by atoms with van der Waals surface area (Å²) in [5.41, 5.74) is 0.788. The predicted molar refractivity (Wildman–Crippen MR) is 187 cm³/mol. The lowest BCUT2D eigenvalue weighted by atomic mass is 9.75. The fourth-order valence-corrected chi connectivity index (χ4v) is 6.13. The summed E-state index contributed by atoms with van der Waals surface area (Å²) < 4.78 is 13.2. The molecular weight excluding hydrogens is 638 g/mol. The first-order valence-electron chi connectivity index (χ1n) is 17.3. The van der Waals surface area contributed by atoms with Gasteiger partial charge in [-0.1, -0.05) is 54.5 Å². The molecule has 1 aromatic heterocycles. The predicted octanol–water partition coefficient (Wildman–Crippen LogP) is 2.77. The van der Waals surface area contributed by atoms with Gasteiger partial charge in [0.2, 0.25) is 17.7 Å². The summed E-state index contributed by atoms with van der Waals surface area (Å²) in [5, 5.41) is 16.9. The molecule has 0 saturated heterocycles. The molecule has 1 saturated carbocycles. The monoisotopic (exact) mass is 685 g/mol. The highest BCUT2D eigenvalue weighted by Gasteiger charge is 2.43. The summed E-state index contributed by atoms with van der Waals surface area (Å²) >= 11 is 0. The van der Waals surface area contributed by atoms with E-state index in [0.717, 1.165) is 24.0 Å². The number of aryl methyl sites for hydroxylation is 1. The SMILES string of the molecule is COc1ccc2cc1OCC(=O)NCCN(C(=O)C=Cc1ccccc1)CCCC(=O)NCC(CC1CC1)(C(=O)NCCCn1ccnn1)C2. The number of rotatable bonds is 10. The van der Waals surface area contributed by atoms with Gasteiger partial charge in [0.1, 0.15) is 0 Å². The highest BCUT2D eigenvalue weighted by molar-refractivity contribution is 5.92. The van der Waals surface area contributed by atoms with E-state index in [-0.39, 0.29) is 56.3 Å². The first-order valence-corrected chi connectivity index (χ1v) is 17.3. The lowest BCUT2D eigenvalue weighted by Gasteiger charge is -2.33. The van der Waals surface area contributed by atoms with E-state index < -0.39 is 5.41 Å². The van der Waals surface area contributed by atoms with E-state index in [1.807, 2.05) is 36.4 Å². The summed E-state index contributed by atoms with van der Waals surface area (Å²) in [7, 11) is 1.53. The number of amides is 4. The quantitative estimate of drug-likeness (QED) is 0.217. The van der Waals surface area contributed by atoms with Crippen LogP contribution in [0.2, 0.25) is 0 Å². The van der Waals surface area contributed by atoms with Crippen LogP contribution in [0, 0.1) is 11.3 Å². The van der Waals surface area contributed by atoms with Gasteiger partial charge in [0.25, 0.3) is 5.91 Å². The van der Waals surface area contributed by atoms with Crippen molar-refractivity contribution in [3.8, 4) is 11.5 Å².